The maximum atomic E-state index is 12.4. The van der Waals surface area contributed by atoms with Crippen LogP contribution in [0.4, 0.5) is 5.69 Å². The highest BCUT2D eigenvalue weighted by molar-refractivity contribution is 6.21. The van der Waals surface area contributed by atoms with Gasteiger partial charge in [0.25, 0.3) is 11.8 Å². The van der Waals surface area contributed by atoms with E-state index in [0.29, 0.717) is 29.5 Å². The van der Waals surface area contributed by atoms with Crippen LogP contribution in [-0.2, 0) is 11.2 Å². The Kier molecular flexibility index (Phi) is 3.62. The Balaban J connectivity index is 1.55. The number of imide groups is 1. The number of nitrogens with zero attached hydrogens (tertiary/aromatic N) is 1. The standard InChI is InChI=1S/C19H16N2O4/c22-16(12-5-7-15-11(9-12)6-8-17(23)20-15)10-21-18(24)13-3-1-2-4-14(13)19(21)25/h1-5,7,9,16,22H,6,8,10H2,(H,20,23). The van der Waals surface area contributed by atoms with Gasteiger partial charge in [-0.1, -0.05) is 24.3 Å². The van der Waals surface area contributed by atoms with Crippen LogP contribution in [0.15, 0.2) is 42.5 Å². The Labute approximate surface area is 144 Å². The summed E-state index contributed by atoms with van der Waals surface area (Å²) in [5.74, 6) is -0.790. The first-order valence-electron chi connectivity index (χ1n) is 8.10. The highest BCUT2D eigenvalue weighted by Crippen LogP contribution is 2.29. The van der Waals surface area contributed by atoms with Gasteiger partial charge in [-0.25, -0.2) is 0 Å². The summed E-state index contributed by atoms with van der Waals surface area (Å²) in [5, 5.41) is 13.3. The van der Waals surface area contributed by atoms with Gasteiger partial charge in [0.2, 0.25) is 5.91 Å². The molecule has 1 unspecified atom stereocenters. The van der Waals surface area contributed by atoms with Gasteiger partial charge in [0.15, 0.2) is 0 Å². The van der Waals surface area contributed by atoms with E-state index in [9.17, 15) is 19.5 Å². The van der Waals surface area contributed by atoms with Crippen LogP contribution in [0.3, 0.4) is 0 Å². The Morgan fingerprint density at radius 1 is 1.00 bits per heavy atom. The lowest BCUT2D eigenvalue weighted by Crippen LogP contribution is -2.34. The van der Waals surface area contributed by atoms with E-state index in [4.69, 9.17) is 0 Å². The monoisotopic (exact) mass is 336 g/mol. The number of aryl methyl sites for hydroxylation is 1. The summed E-state index contributed by atoms with van der Waals surface area (Å²) in [6.45, 7) is -0.0997. The second-order valence-corrected chi connectivity index (χ2v) is 6.25. The topological polar surface area (TPSA) is 86.7 Å². The smallest absolute Gasteiger partial charge is 0.261 e. The molecule has 2 aliphatic rings. The fourth-order valence-corrected chi connectivity index (χ4v) is 3.29. The summed E-state index contributed by atoms with van der Waals surface area (Å²) < 4.78 is 0. The molecule has 0 radical (unpaired) electrons. The van der Waals surface area contributed by atoms with E-state index >= 15 is 0 Å². The molecule has 2 N–H and O–H groups in total. The van der Waals surface area contributed by atoms with Crippen LogP contribution in [0, 0.1) is 0 Å². The van der Waals surface area contributed by atoms with E-state index in [0.717, 1.165) is 16.2 Å². The first-order chi connectivity index (χ1) is 12.0. The van der Waals surface area contributed by atoms with E-state index in [1.807, 2.05) is 6.07 Å². The number of fused-ring (bicyclic) bond motifs is 2. The zero-order chi connectivity index (χ0) is 17.6. The van der Waals surface area contributed by atoms with Gasteiger partial charge in [-0.2, -0.15) is 0 Å². The molecule has 0 aromatic heterocycles. The number of hydrogen-bond acceptors (Lipinski definition) is 4. The molecular weight excluding hydrogens is 320 g/mol. The Hall–Kier alpha value is -2.99. The summed E-state index contributed by atoms with van der Waals surface area (Å²) in [7, 11) is 0. The normalized spacial score (nSPS) is 17.2. The van der Waals surface area contributed by atoms with Gasteiger partial charge in [-0.15, -0.1) is 0 Å². The molecule has 0 fully saturated rings. The number of β-amino-alcohol motifs (C(OH)–C–C–N with tert-alkyl or cyclic N) is 1. The third kappa shape index (κ3) is 2.60. The molecule has 3 amide bonds. The van der Waals surface area contributed by atoms with Crippen LogP contribution in [0.2, 0.25) is 0 Å². The van der Waals surface area contributed by atoms with Crippen molar-refractivity contribution in [1.82, 2.24) is 4.90 Å². The van der Waals surface area contributed by atoms with Crippen molar-refractivity contribution in [2.45, 2.75) is 18.9 Å². The van der Waals surface area contributed by atoms with E-state index < -0.39 is 6.10 Å². The zero-order valence-corrected chi connectivity index (χ0v) is 13.4. The number of anilines is 1. The molecule has 0 saturated carbocycles. The lowest BCUT2D eigenvalue weighted by molar-refractivity contribution is -0.116. The van der Waals surface area contributed by atoms with E-state index in [1.165, 1.54) is 0 Å². The number of rotatable bonds is 3. The fourth-order valence-electron chi connectivity index (χ4n) is 3.29. The molecule has 6 nitrogen and oxygen atoms in total. The van der Waals surface area contributed by atoms with Gasteiger partial charge < -0.3 is 10.4 Å². The third-order valence-electron chi connectivity index (χ3n) is 4.64. The molecule has 4 rings (SSSR count). The van der Waals surface area contributed by atoms with Crippen LogP contribution in [-0.4, -0.2) is 34.3 Å². The SMILES string of the molecule is O=C1CCc2cc(C(O)CN3C(=O)c4ccccc4C3=O)ccc2N1. The third-order valence-corrected chi connectivity index (χ3v) is 4.64. The van der Waals surface area contributed by atoms with E-state index in [2.05, 4.69) is 5.32 Å². The molecular formula is C19H16N2O4. The maximum Gasteiger partial charge on any atom is 0.261 e. The van der Waals surface area contributed by atoms with Crippen molar-refractivity contribution in [3.8, 4) is 0 Å². The largest absolute Gasteiger partial charge is 0.387 e. The molecule has 2 aromatic rings. The van der Waals surface area contributed by atoms with E-state index in [1.54, 1.807) is 36.4 Å². The summed E-state index contributed by atoms with van der Waals surface area (Å²) in [6, 6.07) is 11.9. The first kappa shape index (κ1) is 15.5. The minimum atomic E-state index is -0.981. The van der Waals surface area contributed by atoms with Gasteiger partial charge in [0, 0.05) is 12.1 Å². The summed E-state index contributed by atoms with van der Waals surface area (Å²) in [4.78, 5) is 37.3. The van der Waals surface area contributed by atoms with Crippen LogP contribution in [0.1, 0.15) is 44.4 Å². The van der Waals surface area contributed by atoms with Crippen molar-refractivity contribution in [1.29, 1.82) is 0 Å². The van der Waals surface area contributed by atoms with Crippen molar-refractivity contribution in [2.24, 2.45) is 0 Å². The molecule has 0 spiro atoms. The molecule has 25 heavy (non-hydrogen) atoms. The first-order valence-corrected chi connectivity index (χ1v) is 8.10. The van der Waals surface area contributed by atoms with Gasteiger partial charge in [0.1, 0.15) is 0 Å². The number of aliphatic hydroxyl groups excluding tert-OH is 1. The van der Waals surface area contributed by atoms with Gasteiger partial charge >= 0.3 is 0 Å². The van der Waals surface area contributed by atoms with E-state index in [-0.39, 0.29) is 24.3 Å². The predicted molar refractivity (Wildman–Crippen MR) is 90.2 cm³/mol. The second-order valence-electron chi connectivity index (χ2n) is 6.25. The predicted octanol–water partition coefficient (Wildman–Crippen LogP) is 1.90. The maximum absolute atomic E-state index is 12.4. The highest BCUT2D eigenvalue weighted by Gasteiger charge is 2.36. The molecule has 6 heteroatoms. The zero-order valence-electron chi connectivity index (χ0n) is 13.4. The number of carbonyl (C=O) groups excluding carboxylic acids is 3. The lowest BCUT2D eigenvalue weighted by atomic mass is 9.98. The van der Waals surface area contributed by atoms with Crippen molar-refractivity contribution >= 4 is 23.4 Å². The van der Waals surface area contributed by atoms with Crippen molar-refractivity contribution < 1.29 is 19.5 Å². The number of aliphatic hydroxyl groups is 1. The Morgan fingerprint density at radius 2 is 1.68 bits per heavy atom. The molecule has 2 heterocycles. The molecule has 2 aliphatic heterocycles. The van der Waals surface area contributed by atoms with Gasteiger partial charge in [0.05, 0.1) is 23.8 Å². The van der Waals surface area contributed by atoms with Crippen LogP contribution < -0.4 is 5.32 Å². The number of benzene rings is 2. The van der Waals surface area contributed by atoms with Gasteiger partial charge in [-0.05, 0) is 35.7 Å². The summed E-state index contributed by atoms with van der Waals surface area (Å²) >= 11 is 0. The summed E-state index contributed by atoms with van der Waals surface area (Å²) in [5.41, 5.74) is 3.04. The quantitative estimate of drug-likeness (QED) is 0.838. The van der Waals surface area contributed by atoms with Crippen LogP contribution in [0.25, 0.3) is 0 Å². The number of nitrogens with one attached hydrogen (secondary N) is 1. The van der Waals surface area contributed by atoms with Crippen molar-refractivity contribution in [3.63, 3.8) is 0 Å². The summed E-state index contributed by atoms with van der Waals surface area (Å²) in [6.07, 6.45) is 0.0322. The molecule has 1 atom stereocenters. The Morgan fingerprint density at radius 3 is 2.36 bits per heavy atom. The molecule has 2 aromatic carbocycles. The average molecular weight is 336 g/mol. The number of amides is 3. The number of hydrogen-bond donors (Lipinski definition) is 2. The molecule has 126 valence electrons. The van der Waals surface area contributed by atoms with Crippen molar-refractivity contribution in [2.75, 3.05) is 11.9 Å². The fraction of sp³-hybridized carbons (Fsp3) is 0.211. The van der Waals surface area contributed by atoms with Crippen LogP contribution in [0.5, 0.6) is 0 Å². The average Bonchev–Trinajstić information content (AvgIpc) is 2.86. The molecule has 0 bridgehead atoms. The highest BCUT2D eigenvalue weighted by atomic mass is 16.3. The minimum absolute atomic E-state index is 0.0215. The lowest BCUT2D eigenvalue weighted by Gasteiger charge is -2.22. The Bertz CT molecular complexity index is 871. The van der Waals surface area contributed by atoms with Gasteiger partial charge in [-0.3, -0.25) is 19.3 Å². The van der Waals surface area contributed by atoms with Crippen molar-refractivity contribution in [3.05, 3.63) is 64.7 Å². The molecule has 0 saturated heterocycles. The van der Waals surface area contributed by atoms with Crippen LogP contribution >= 0.6 is 0 Å². The molecule has 0 aliphatic carbocycles. The minimum Gasteiger partial charge on any atom is -0.387 e. The second kappa shape index (κ2) is 5.82. The number of carbonyl (C=O) groups is 3.